The van der Waals surface area contributed by atoms with Crippen molar-refractivity contribution in [3.05, 3.63) is 40.2 Å². The molecule has 1 aliphatic rings. The third-order valence-electron chi connectivity index (χ3n) is 3.27. The van der Waals surface area contributed by atoms with Crippen molar-refractivity contribution in [2.75, 3.05) is 23.2 Å². The summed E-state index contributed by atoms with van der Waals surface area (Å²) in [6, 6.07) is 8.72. The van der Waals surface area contributed by atoms with Crippen molar-refractivity contribution >= 4 is 44.3 Å². The van der Waals surface area contributed by atoms with Gasteiger partial charge in [-0.05, 0) is 42.3 Å². The molecule has 0 atom stereocenters. The van der Waals surface area contributed by atoms with Crippen LogP contribution in [0.2, 0.25) is 4.34 Å². The molecule has 0 aliphatic carbocycles. The summed E-state index contributed by atoms with van der Waals surface area (Å²) in [5, 5.41) is 0. The molecule has 0 saturated carbocycles. The molecule has 1 N–H and O–H groups in total. The highest BCUT2D eigenvalue weighted by Gasteiger charge is 2.19. The number of fused-ring (bicyclic) bond motifs is 1. The normalized spacial score (nSPS) is 14.4. The van der Waals surface area contributed by atoms with E-state index in [9.17, 15) is 8.42 Å². The number of hydrogen-bond acceptors (Lipinski definition) is 4. The molecule has 0 unspecified atom stereocenters. The van der Waals surface area contributed by atoms with Gasteiger partial charge in [-0.2, -0.15) is 0 Å². The molecule has 0 radical (unpaired) electrons. The average Bonchev–Trinajstić information content (AvgIpc) is 2.96. The standard InChI is InChI=1S/C13H13ClN2O2S2/c1-16-7-6-9-8-10(2-3-11(9)16)15-20(17,18)13-5-4-12(14)19-13/h2-5,8,15H,6-7H2,1H3. The van der Waals surface area contributed by atoms with Crippen molar-refractivity contribution in [1.82, 2.24) is 0 Å². The largest absolute Gasteiger partial charge is 0.374 e. The predicted molar refractivity (Wildman–Crippen MR) is 83.6 cm³/mol. The van der Waals surface area contributed by atoms with Gasteiger partial charge in [-0.3, -0.25) is 4.72 Å². The zero-order valence-electron chi connectivity index (χ0n) is 10.8. The second kappa shape index (κ2) is 4.95. The Morgan fingerprint density at radius 3 is 2.80 bits per heavy atom. The predicted octanol–water partition coefficient (Wildman–Crippen LogP) is 3.19. The molecule has 0 fully saturated rings. The number of likely N-dealkylation sites (N-methyl/N-ethyl adjacent to an activating group) is 1. The second-order valence-electron chi connectivity index (χ2n) is 4.68. The van der Waals surface area contributed by atoms with Crippen molar-refractivity contribution in [2.24, 2.45) is 0 Å². The first kappa shape index (κ1) is 13.7. The third kappa shape index (κ3) is 2.51. The van der Waals surface area contributed by atoms with Gasteiger partial charge in [0, 0.05) is 25.0 Å². The van der Waals surface area contributed by atoms with Gasteiger partial charge in [-0.15, -0.1) is 11.3 Å². The Balaban J connectivity index is 1.88. The molecule has 1 aliphatic heterocycles. The average molecular weight is 329 g/mol. The molecule has 106 valence electrons. The Hall–Kier alpha value is -1.24. The lowest BCUT2D eigenvalue weighted by molar-refractivity contribution is 0.603. The highest BCUT2D eigenvalue weighted by atomic mass is 35.5. The number of anilines is 2. The lowest BCUT2D eigenvalue weighted by atomic mass is 10.1. The van der Waals surface area contributed by atoms with Crippen LogP contribution in [0.4, 0.5) is 11.4 Å². The molecular formula is C13H13ClN2O2S2. The Kier molecular flexibility index (Phi) is 3.40. The molecule has 1 aromatic carbocycles. The maximum atomic E-state index is 12.2. The lowest BCUT2D eigenvalue weighted by Gasteiger charge is -2.12. The lowest BCUT2D eigenvalue weighted by Crippen LogP contribution is -2.13. The molecule has 1 aromatic heterocycles. The molecule has 3 rings (SSSR count). The summed E-state index contributed by atoms with van der Waals surface area (Å²) in [7, 11) is -1.52. The second-order valence-corrected chi connectivity index (χ2v) is 8.30. The van der Waals surface area contributed by atoms with Gasteiger partial charge in [0.15, 0.2) is 0 Å². The van der Waals surface area contributed by atoms with Crippen LogP contribution >= 0.6 is 22.9 Å². The van der Waals surface area contributed by atoms with E-state index in [0.29, 0.717) is 10.0 Å². The van der Waals surface area contributed by atoms with Crippen LogP contribution in [0.3, 0.4) is 0 Å². The van der Waals surface area contributed by atoms with E-state index in [1.807, 2.05) is 19.2 Å². The van der Waals surface area contributed by atoms with E-state index in [-0.39, 0.29) is 4.21 Å². The van der Waals surface area contributed by atoms with Gasteiger partial charge < -0.3 is 4.90 Å². The number of nitrogens with one attached hydrogen (secondary N) is 1. The van der Waals surface area contributed by atoms with E-state index in [1.165, 1.54) is 6.07 Å². The van der Waals surface area contributed by atoms with Crippen molar-refractivity contribution in [3.63, 3.8) is 0 Å². The van der Waals surface area contributed by atoms with E-state index in [2.05, 4.69) is 9.62 Å². The van der Waals surface area contributed by atoms with Gasteiger partial charge in [-0.25, -0.2) is 8.42 Å². The molecular weight excluding hydrogens is 316 g/mol. The van der Waals surface area contributed by atoms with E-state index < -0.39 is 10.0 Å². The number of sulfonamides is 1. The summed E-state index contributed by atoms with van der Waals surface area (Å²) in [5.74, 6) is 0. The summed E-state index contributed by atoms with van der Waals surface area (Å²) >= 11 is 6.83. The van der Waals surface area contributed by atoms with Crippen LogP contribution in [0, 0.1) is 0 Å². The molecule has 20 heavy (non-hydrogen) atoms. The summed E-state index contributed by atoms with van der Waals surface area (Å²) in [5.41, 5.74) is 2.91. The SMILES string of the molecule is CN1CCc2cc(NS(=O)(=O)c3ccc(Cl)s3)ccc21. The van der Waals surface area contributed by atoms with E-state index in [0.717, 1.165) is 35.6 Å². The van der Waals surface area contributed by atoms with Crippen LogP contribution in [0.5, 0.6) is 0 Å². The molecule has 7 heteroatoms. The first-order valence-electron chi connectivity index (χ1n) is 6.08. The Labute approximate surface area is 127 Å². The number of nitrogens with zero attached hydrogens (tertiary/aromatic N) is 1. The smallest absolute Gasteiger partial charge is 0.271 e. The number of halogens is 1. The molecule has 4 nitrogen and oxygen atoms in total. The molecule has 2 aromatic rings. The maximum Gasteiger partial charge on any atom is 0.271 e. The van der Waals surface area contributed by atoms with Gasteiger partial charge in [0.1, 0.15) is 4.21 Å². The van der Waals surface area contributed by atoms with Gasteiger partial charge in [0.2, 0.25) is 0 Å². The van der Waals surface area contributed by atoms with Gasteiger partial charge in [0.05, 0.1) is 4.34 Å². The van der Waals surface area contributed by atoms with Crippen molar-refractivity contribution < 1.29 is 8.42 Å². The van der Waals surface area contributed by atoms with Gasteiger partial charge in [0.25, 0.3) is 10.0 Å². The summed E-state index contributed by atoms with van der Waals surface area (Å²) in [4.78, 5) is 2.16. The third-order valence-corrected chi connectivity index (χ3v) is 6.38. The quantitative estimate of drug-likeness (QED) is 0.941. The van der Waals surface area contributed by atoms with Crippen LogP contribution < -0.4 is 9.62 Å². The minimum absolute atomic E-state index is 0.222. The Morgan fingerprint density at radius 1 is 1.30 bits per heavy atom. The highest BCUT2D eigenvalue weighted by molar-refractivity contribution is 7.94. The minimum atomic E-state index is -3.55. The first-order valence-corrected chi connectivity index (χ1v) is 8.76. The van der Waals surface area contributed by atoms with Crippen LogP contribution in [0.15, 0.2) is 34.5 Å². The Morgan fingerprint density at radius 2 is 2.10 bits per heavy atom. The van der Waals surface area contributed by atoms with Crippen LogP contribution in [0.25, 0.3) is 0 Å². The number of rotatable bonds is 3. The zero-order valence-corrected chi connectivity index (χ0v) is 13.1. The molecule has 0 saturated heterocycles. The van der Waals surface area contributed by atoms with E-state index >= 15 is 0 Å². The topological polar surface area (TPSA) is 49.4 Å². The number of benzene rings is 1. The molecule has 0 bridgehead atoms. The number of hydrogen-bond donors (Lipinski definition) is 1. The van der Waals surface area contributed by atoms with E-state index in [1.54, 1.807) is 12.1 Å². The summed E-state index contributed by atoms with van der Waals surface area (Å²) in [6.07, 6.45) is 0.937. The first-order chi connectivity index (χ1) is 9.45. The fourth-order valence-corrected chi connectivity index (χ4v) is 4.81. The monoisotopic (exact) mass is 328 g/mol. The maximum absolute atomic E-state index is 12.2. The van der Waals surface area contributed by atoms with Crippen LogP contribution in [-0.2, 0) is 16.4 Å². The fourth-order valence-electron chi connectivity index (χ4n) is 2.28. The van der Waals surface area contributed by atoms with Crippen LogP contribution in [0.1, 0.15) is 5.56 Å². The highest BCUT2D eigenvalue weighted by Crippen LogP contribution is 2.31. The van der Waals surface area contributed by atoms with E-state index in [4.69, 9.17) is 11.6 Å². The van der Waals surface area contributed by atoms with Crippen molar-refractivity contribution in [1.29, 1.82) is 0 Å². The summed E-state index contributed by atoms with van der Waals surface area (Å²) in [6.45, 7) is 0.964. The van der Waals surface area contributed by atoms with Gasteiger partial charge in [-0.1, -0.05) is 11.6 Å². The Bertz CT molecular complexity index is 755. The van der Waals surface area contributed by atoms with Crippen molar-refractivity contribution in [3.8, 4) is 0 Å². The van der Waals surface area contributed by atoms with Crippen molar-refractivity contribution in [2.45, 2.75) is 10.6 Å². The zero-order chi connectivity index (χ0) is 14.3. The molecule has 0 spiro atoms. The van der Waals surface area contributed by atoms with Crippen LogP contribution in [-0.4, -0.2) is 22.0 Å². The number of thiophene rings is 1. The summed E-state index contributed by atoms with van der Waals surface area (Å²) < 4.78 is 27.7. The molecule has 0 amide bonds. The van der Waals surface area contributed by atoms with Gasteiger partial charge >= 0.3 is 0 Å². The fraction of sp³-hybridized carbons (Fsp3) is 0.231. The molecule has 2 heterocycles. The minimum Gasteiger partial charge on any atom is -0.374 e.